The van der Waals surface area contributed by atoms with Gasteiger partial charge in [-0.05, 0) is 30.5 Å². The van der Waals surface area contributed by atoms with E-state index in [1.807, 2.05) is 13.0 Å². The number of amides is 1. The Balaban J connectivity index is 1.63. The van der Waals surface area contributed by atoms with Crippen molar-refractivity contribution in [1.82, 2.24) is 4.98 Å². The van der Waals surface area contributed by atoms with Crippen molar-refractivity contribution in [1.29, 1.82) is 0 Å². The minimum Gasteiger partial charge on any atom is -0.302 e. The number of carbonyl (C=O) groups excluding carboxylic acids is 1. The molecule has 8 heteroatoms. The lowest BCUT2D eigenvalue weighted by Crippen LogP contribution is -2.23. The molecule has 24 heavy (non-hydrogen) atoms. The van der Waals surface area contributed by atoms with Crippen molar-refractivity contribution in [3.63, 3.8) is 0 Å². The van der Waals surface area contributed by atoms with Crippen LogP contribution in [0.3, 0.4) is 0 Å². The summed E-state index contributed by atoms with van der Waals surface area (Å²) in [7, 11) is -3.06. The molecule has 1 aromatic heterocycles. The van der Waals surface area contributed by atoms with Crippen LogP contribution in [0, 0.1) is 12.8 Å². The summed E-state index contributed by atoms with van der Waals surface area (Å²) in [5.74, 6) is -0.681. The molecule has 1 aromatic carbocycles. The molecule has 0 unspecified atom stereocenters. The Hall–Kier alpha value is -1.25. The van der Waals surface area contributed by atoms with Crippen molar-refractivity contribution in [2.45, 2.75) is 19.8 Å². The molecule has 2 aromatic rings. The summed E-state index contributed by atoms with van der Waals surface area (Å²) < 4.78 is 24.0. The zero-order valence-electron chi connectivity index (χ0n) is 13.1. The highest BCUT2D eigenvalue weighted by Crippen LogP contribution is 2.25. The fraction of sp³-hybridized carbons (Fsp3) is 0.375. The number of halogens is 1. The number of hydrogen-bond donors (Lipinski definition) is 1. The minimum atomic E-state index is -3.06. The van der Waals surface area contributed by atoms with Gasteiger partial charge in [0.25, 0.3) is 0 Å². The van der Waals surface area contributed by atoms with E-state index in [1.165, 1.54) is 22.5 Å². The van der Waals surface area contributed by atoms with E-state index in [0.717, 1.165) is 15.8 Å². The maximum Gasteiger partial charge on any atom is 0.230 e. The first kappa shape index (κ1) is 17.6. The summed E-state index contributed by atoms with van der Waals surface area (Å²) >= 11 is 4.91. The van der Waals surface area contributed by atoms with E-state index in [-0.39, 0.29) is 17.4 Å². The van der Waals surface area contributed by atoms with Crippen LogP contribution in [0.2, 0.25) is 0 Å². The van der Waals surface area contributed by atoms with Crippen LogP contribution >= 0.6 is 27.3 Å². The first-order chi connectivity index (χ1) is 11.3. The Morgan fingerprint density at radius 2 is 2.25 bits per heavy atom. The molecule has 1 aliphatic heterocycles. The van der Waals surface area contributed by atoms with E-state index in [1.54, 1.807) is 6.20 Å². The minimum absolute atomic E-state index is 0.0603. The van der Waals surface area contributed by atoms with E-state index >= 15 is 0 Å². The van der Waals surface area contributed by atoms with E-state index in [9.17, 15) is 13.2 Å². The van der Waals surface area contributed by atoms with E-state index in [2.05, 4.69) is 38.4 Å². The number of aromatic nitrogens is 1. The Morgan fingerprint density at radius 3 is 2.92 bits per heavy atom. The second-order valence-corrected chi connectivity index (χ2v) is 10.2. The molecule has 1 N–H and O–H groups in total. The zero-order valence-corrected chi connectivity index (χ0v) is 16.3. The van der Waals surface area contributed by atoms with Crippen LogP contribution in [0.5, 0.6) is 0 Å². The highest BCUT2D eigenvalue weighted by Gasteiger charge is 2.33. The summed E-state index contributed by atoms with van der Waals surface area (Å²) in [6.45, 7) is 2.04. The lowest BCUT2D eigenvalue weighted by atomic mass is 10.1. The Labute approximate surface area is 153 Å². The number of anilines is 1. The van der Waals surface area contributed by atoms with Gasteiger partial charge in [0.2, 0.25) is 5.91 Å². The Kier molecular flexibility index (Phi) is 5.08. The Morgan fingerprint density at radius 1 is 1.46 bits per heavy atom. The monoisotopic (exact) mass is 428 g/mol. The van der Waals surface area contributed by atoms with Crippen LogP contribution < -0.4 is 5.32 Å². The van der Waals surface area contributed by atoms with Gasteiger partial charge in [-0.25, -0.2) is 13.4 Å². The quantitative estimate of drug-likeness (QED) is 0.810. The molecular weight excluding hydrogens is 412 g/mol. The van der Waals surface area contributed by atoms with E-state index in [0.29, 0.717) is 11.6 Å². The molecular formula is C16H17BrN2O3S2. The number of nitrogens with one attached hydrogen (secondary N) is 1. The van der Waals surface area contributed by atoms with Crippen molar-refractivity contribution < 1.29 is 13.2 Å². The normalized spacial score (nSPS) is 19.3. The fourth-order valence-corrected chi connectivity index (χ4v) is 5.51. The SMILES string of the molecule is Cc1cc(Cc2cnc(NC(=O)[C@@H]3CCS(=O)(=O)C3)s2)ccc1Br. The molecule has 0 spiro atoms. The van der Waals surface area contributed by atoms with Crippen LogP contribution in [-0.4, -0.2) is 30.8 Å². The first-order valence-corrected chi connectivity index (χ1v) is 11.0. The molecule has 128 valence electrons. The van der Waals surface area contributed by atoms with Crippen molar-refractivity contribution in [2.75, 3.05) is 16.8 Å². The number of benzene rings is 1. The lowest BCUT2D eigenvalue weighted by molar-refractivity contribution is -0.119. The van der Waals surface area contributed by atoms with Gasteiger partial charge in [0.15, 0.2) is 15.0 Å². The van der Waals surface area contributed by atoms with E-state index < -0.39 is 15.8 Å². The average molecular weight is 429 g/mol. The van der Waals surface area contributed by atoms with Gasteiger partial charge in [0, 0.05) is 22.0 Å². The largest absolute Gasteiger partial charge is 0.302 e. The first-order valence-electron chi connectivity index (χ1n) is 7.53. The summed E-state index contributed by atoms with van der Waals surface area (Å²) in [5, 5.41) is 3.27. The molecule has 0 bridgehead atoms. The summed E-state index contributed by atoms with van der Waals surface area (Å²) in [5.41, 5.74) is 2.35. The third-order valence-electron chi connectivity index (χ3n) is 3.99. The van der Waals surface area contributed by atoms with Gasteiger partial charge in [-0.15, -0.1) is 11.3 Å². The average Bonchev–Trinajstić information content (AvgIpc) is 3.09. The molecule has 0 aliphatic carbocycles. The Bertz CT molecular complexity index is 877. The highest BCUT2D eigenvalue weighted by atomic mass is 79.9. The molecule has 2 heterocycles. The third-order valence-corrected chi connectivity index (χ3v) is 7.56. The van der Waals surface area contributed by atoms with Crippen molar-refractivity contribution in [3.05, 3.63) is 44.9 Å². The summed E-state index contributed by atoms with van der Waals surface area (Å²) in [6.07, 6.45) is 2.90. The second kappa shape index (κ2) is 6.93. The van der Waals surface area contributed by atoms with Gasteiger partial charge >= 0.3 is 0 Å². The maximum absolute atomic E-state index is 12.1. The highest BCUT2D eigenvalue weighted by molar-refractivity contribution is 9.10. The van der Waals surface area contributed by atoms with Gasteiger partial charge in [0.05, 0.1) is 17.4 Å². The van der Waals surface area contributed by atoms with Crippen LogP contribution in [0.25, 0.3) is 0 Å². The molecule has 1 saturated heterocycles. The van der Waals surface area contributed by atoms with Crippen molar-refractivity contribution in [3.8, 4) is 0 Å². The lowest BCUT2D eigenvalue weighted by Gasteiger charge is -2.06. The number of rotatable bonds is 4. The molecule has 0 radical (unpaired) electrons. The molecule has 5 nitrogen and oxygen atoms in total. The summed E-state index contributed by atoms with van der Waals surface area (Å²) in [4.78, 5) is 17.4. The van der Waals surface area contributed by atoms with Gasteiger partial charge in [-0.2, -0.15) is 0 Å². The fourth-order valence-electron chi connectivity index (χ4n) is 2.67. The predicted octanol–water partition coefficient (Wildman–Crippen LogP) is 3.18. The number of thiazole rings is 1. The topological polar surface area (TPSA) is 76.1 Å². The second-order valence-electron chi connectivity index (χ2n) is 5.98. The number of sulfone groups is 1. The van der Waals surface area contributed by atoms with Crippen LogP contribution in [0.15, 0.2) is 28.9 Å². The van der Waals surface area contributed by atoms with Crippen LogP contribution in [0.1, 0.15) is 22.4 Å². The number of nitrogens with zero attached hydrogens (tertiary/aromatic N) is 1. The molecule has 3 rings (SSSR count). The van der Waals surface area contributed by atoms with Crippen molar-refractivity contribution in [2.24, 2.45) is 5.92 Å². The number of aryl methyl sites for hydroxylation is 1. The van der Waals surface area contributed by atoms with Crippen LogP contribution in [-0.2, 0) is 21.1 Å². The predicted molar refractivity (Wildman–Crippen MR) is 99.2 cm³/mol. The molecule has 0 saturated carbocycles. The number of carbonyl (C=O) groups is 1. The maximum atomic E-state index is 12.1. The zero-order chi connectivity index (χ0) is 17.3. The van der Waals surface area contributed by atoms with Crippen LogP contribution in [0.4, 0.5) is 5.13 Å². The molecule has 1 amide bonds. The summed E-state index contributed by atoms with van der Waals surface area (Å²) in [6, 6.07) is 6.19. The van der Waals surface area contributed by atoms with Gasteiger partial charge in [-0.3, -0.25) is 4.79 Å². The molecule has 1 atom stereocenters. The van der Waals surface area contributed by atoms with Gasteiger partial charge in [-0.1, -0.05) is 28.1 Å². The smallest absolute Gasteiger partial charge is 0.230 e. The number of hydrogen-bond acceptors (Lipinski definition) is 5. The van der Waals surface area contributed by atoms with Gasteiger partial charge < -0.3 is 5.32 Å². The van der Waals surface area contributed by atoms with Gasteiger partial charge in [0.1, 0.15) is 0 Å². The van der Waals surface area contributed by atoms with E-state index in [4.69, 9.17) is 0 Å². The third kappa shape index (κ3) is 4.23. The molecule has 1 fully saturated rings. The standard InChI is InChI=1S/C16H17BrN2O3S2/c1-10-6-11(2-3-14(10)17)7-13-8-18-16(23-13)19-15(20)12-4-5-24(21,22)9-12/h2-3,6,8,12H,4-5,7,9H2,1H3,(H,18,19,20)/t12-/m1/s1. The molecule has 1 aliphatic rings. The van der Waals surface area contributed by atoms with Crippen molar-refractivity contribution >= 4 is 48.1 Å².